The first-order chi connectivity index (χ1) is 8.18. The summed E-state index contributed by atoms with van der Waals surface area (Å²) < 4.78 is 2.36. The number of hydrogen-bond acceptors (Lipinski definition) is 1. The van der Waals surface area contributed by atoms with Gasteiger partial charge in [0.2, 0.25) is 0 Å². The van der Waals surface area contributed by atoms with Crippen molar-refractivity contribution in [3.8, 4) is 0 Å². The van der Waals surface area contributed by atoms with Crippen molar-refractivity contribution >= 4 is 22.6 Å². The summed E-state index contributed by atoms with van der Waals surface area (Å²) in [4.78, 5) is 4.75. The van der Waals surface area contributed by atoms with Gasteiger partial charge in [0, 0.05) is 6.04 Å². The Labute approximate surface area is 107 Å². The molecule has 0 N–H and O–H groups in total. The second kappa shape index (κ2) is 4.02. The van der Waals surface area contributed by atoms with Gasteiger partial charge in [0.1, 0.15) is 5.82 Å². The van der Waals surface area contributed by atoms with Crippen LogP contribution in [0.4, 0.5) is 0 Å². The fourth-order valence-electron chi connectivity index (χ4n) is 2.58. The molecule has 1 aliphatic rings. The van der Waals surface area contributed by atoms with Crippen LogP contribution in [0.3, 0.4) is 0 Å². The van der Waals surface area contributed by atoms with Gasteiger partial charge in [-0.1, -0.05) is 12.1 Å². The molecule has 0 aliphatic heterocycles. The third-order valence-electron chi connectivity index (χ3n) is 3.74. The second-order valence-corrected chi connectivity index (χ2v) is 5.64. The van der Waals surface area contributed by atoms with Crippen molar-refractivity contribution in [2.75, 3.05) is 0 Å². The summed E-state index contributed by atoms with van der Waals surface area (Å²) >= 11 is 6.27. The van der Waals surface area contributed by atoms with Crippen LogP contribution < -0.4 is 0 Å². The van der Waals surface area contributed by atoms with Crippen LogP contribution in [0.25, 0.3) is 11.0 Å². The standard InChI is InChI=1S/C14H17ClN2/c1-9-5-3-8-12-13(9)16-14(10(2)15)17(12)11-6-4-7-11/h3,5,8,10-11H,4,6-7H2,1-2H3. The summed E-state index contributed by atoms with van der Waals surface area (Å²) in [6.45, 7) is 4.12. The molecule has 1 aromatic heterocycles. The first-order valence-corrected chi connectivity index (χ1v) is 6.73. The molecule has 0 bridgehead atoms. The van der Waals surface area contributed by atoms with E-state index < -0.39 is 0 Å². The fourth-order valence-corrected chi connectivity index (χ4v) is 2.74. The molecule has 1 atom stereocenters. The number of para-hydroxylation sites is 1. The first kappa shape index (κ1) is 11.1. The van der Waals surface area contributed by atoms with E-state index in [1.165, 1.54) is 30.3 Å². The number of hydrogen-bond donors (Lipinski definition) is 0. The molecule has 3 rings (SSSR count). The number of aromatic nitrogens is 2. The minimum Gasteiger partial charge on any atom is -0.324 e. The van der Waals surface area contributed by atoms with Crippen LogP contribution in [0.5, 0.6) is 0 Å². The highest BCUT2D eigenvalue weighted by Gasteiger charge is 2.26. The van der Waals surface area contributed by atoms with Crippen molar-refractivity contribution in [2.24, 2.45) is 0 Å². The molecule has 2 aromatic rings. The van der Waals surface area contributed by atoms with Gasteiger partial charge in [0.25, 0.3) is 0 Å². The third kappa shape index (κ3) is 1.66. The summed E-state index contributed by atoms with van der Waals surface area (Å²) in [6.07, 6.45) is 3.85. The number of nitrogens with zero attached hydrogens (tertiary/aromatic N) is 2. The Balaban J connectivity index is 2.27. The number of rotatable bonds is 2. The largest absolute Gasteiger partial charge is 0.324 e. The molecular formula is C14H17ClN2. The molecule has 0 spiro atoms. The number of fused-ring (bicyclic) bond motifs is 1. The van der Waals surface area contributed by atoms with Crippen LogP contribution in [-0.2, 0) is 0 Å². The Hall–Kier alpha value is -1.02. The molecule has 1 heterocycles. The molecule has 3 heteroatoms. The molecule has 0 radical (unpaired) electrons. The Morgan fingerprint density at radius 3 is 2.76 bits per heavy atom. The van der Waals surface area contributed by atoms with Crippen molar-refractivity contribution in [3.63, 3.8) is 0 Å². The SMILES string of the molecule is Cc1cccc2c1nc(C(C)Cl)n2C1CCC1. The van der Waals surface area contributed by atoms with Gasteiger partial charge in [-0.25, -0.2) is 4.98 Å². The third-order valence-corrected chi connectivity index (χ3v) is 3.94. The van der Waals surface area contributed by atoms with Crippen LogP contribution >= 0.6 is 11.6 Å². The predicted octanol–water partition coefficient (Wildman–Crippen LogP) is 4.37. The van der Waals surface area contributed by atoms with E-state index in [1.54, 1.807) is 0 Å². The highest BCUT2D eigenvalue weighted by molar-refractivity contribution is 6.20. The lowest BCUT2D eigenvalue weighted by Crippen LogP contribution is -2.19. The maximum absolute atomic E-state index is 6.27. The van der Waals surface area contributed by atoms with Gasteiger partial charge < -0.3 is 4.57 Å². The lowest BCUT2D eigenvalue weighted by Gasteiger charge is -2.29. The lowest BCUT2D eigenvalue weighted by atomic mass is 9.92. The van der Waals surface area contributed by atoms with Crippen molar-refractivity contribution in [3.05, 3.63) is 29.6 Å². The van der Waals surface area contributed by atoms with Crippen molar-refractivity contribution in [1.82, 2.24) is 9.55 Å². The van der Waals surface area contributed by atoms with E-state index in [4.69, 9.17) is 16.6 Å². The molecule has 1 aliphatic carbocycles. The topological polar surface area (TPSA) is 17.8 Å². The number of halogens is 1. The van der Waals surface area contributed by atoms with E-state index in [9.17, 15) is 0 Å². The predicted molar refractivity (Wildman–Crippen MR) is 71.6 cm³/mol. The van der Waals surface area contributed by atoms with E-state index in [0.717, 1.165) is 11.3 Å². The average molecular weight is 249 g/mol. The Bertz CT molecular complexity index is 553. The van der Waals surface area contributed by atoms with Gasteiger partial charge in [-0.05, 0) is 44.7 Å². The van der Waals surface area contributed by atoms with Crippen molar-refractivity contribution < 1.29 is 0 Å². The monoisotopic (exact) mass is 248 g/mol. The minimum atomic E-state index is -0.0256. The molecule has 17 heavy (non-hydrogen) atoms. The number of aryl methyl sites for hydroxylation is 1. The maximum atomic E-state index is 6.27. The van der Waals surface area contributed by atoms with Crippen LogP contribution in [0.1, 0.15) is 49.0 Å². The Morgan fingerprint density at radius 1 is 1.41 bits per heavy atom. The first-order valence-electron chi connectivity index (χ1n) is 6.30. The van der Waals surface area contributed by atoms with Crippen LogP contribution in [0.15, 0.2) is 18.2 Å². The summed E-state index contributed by atoms with van der Waals surface area (Å²) in [5, 5.41) is -0.0256. The smallest absolute Gasteiger partial charge is 0.127 e. The zero-order chi connectivity index (χ0) is 12.0. The van der Waals surface area contributed by atoms with E-state index in [2.05, 4.69) is 29.7 Å². The maximum Gasteiger partial charge on any atom is 0.127 e. The average Bonchev–Trinajstić information content (AvgIpc) is 2.57. The van der Waals surface area contributed by atoms with E-state index in [-0.39, 0.29) is 5.38 Å². The van der Waals surface area contributed by atoms with Crippen molar-refractivity contribution in [2.45, 2.75) is 44.5 Å². The van der Waals surface area contributed by atoms with Gasteiger partial charge in [-0.3, -0.25) is 0 Å². The van der Waals surface area contributed by atoms with Gasteiger partial charge in [-0.2, -0.15) is 0 Å². The quantitative estimate of drug-likeness (QED) is 0.722. The molecule has 0 saturated heterocycles. The molecule has 2 nitrogen and oxygen atoms in total. The normalized spacial score (nSPS) is 18.3. The van der Waals surface area contributed by atoms with Gasteiger partial charge in [0.05, 0.1) is 16.4 Å². The van der Waals surface area contributed by atoms with E-state index in [0.29, 0.717) is 6.04 Å². The molecular weight excluding hydrogens is 232 g/mol. The fraction of sp³-hybridized carbons (Fsp3) is 0.500. The zero-order valence-corrected chi connectivity index (χ0v) is 11.0. The Morgan fingerprint density at radius 2 is 2.18 bits per heavy atom. The number of alkyl halides is 1. The molecule has 90 valence electrons. The summed E-state index contributed by atoms with van der Waals surface area (Å²) in [5.41, 5.74) is 3.60. The highest BCUT2D eigenvalue weighted by Crippen LogP contribution is 2.38. The summed E-state index contributed by atoms with van der Waals surface area (Å²) in [7, 11) is 0. The van der Waals surface area contributed by atoms with Crippen LogP contribution in [0.2, 0.25) is 0 Å². The Kier molecular flexibility index (Phi) is 2.62. The molecule has 1 fully saturated rings. The van der Waals surface area contributed by atoms with E-state index >= 15 is 0 Å². The van der Waals surface area contributed by atoms with Crippen molar-refractivity contribution in [1.29, 1.82) is 0 Å². The number of benzene rings is 1. The molecule has 1 saturated carbocycles. The summed E-state index contributed by atoms with van der Waals surface area (Å²) in [5.74, 6) is 1.03. The van der Waals surface area contributed by atoms with Gasteiger partial charge >= 0.3 is 0 Å². The molecule has 1 unspecified atom stereocenters. The van der Waals surface area contributed by atoms with E-state index in [1.807, 2.05) is 6.92 Å². The van der Waals surface area contributed by atoms with Crippen LogP contribution in [0, 0.1) is 6.92 Å². The molecule has 1 aromatic carbocycles. The van der Waals surface area contributed by atoms with Gasteiger partial charge in [0.15, 0.2) is 0 Å². The minimum absolute atomic E-state index is 0.0256. The zero-order valence-electron chi connectivity index (χ0n) is 10.3. The highest BCUT2D eigenvalue weighted by atomic mass is 35.5. The lowest BCUT2D eigenvalue weighted by molar-refractivity contribution is 0.313. The summed E-state index contributed by atoms with van der Waals surface area (Å²) in [6, 6.07) is 6.99. The molecule has 0 amide bonds. The van der Waals surface area contributed by atoms with Crippen LogP contribution in [-0.4, -0.2) is 9.55 Å². The van der Waals surface area contributed by atoms with Gasteiger partial charge in [-0.15, -0.1) is 11.6 Å². The second-order valence-electron chi connectivity index (χ2n) is 4.98. The number of imidazole rings is 1.